The maximum Gasteiger partial charge on any atom is 0.272 e. The number of hydrogen-bond acceptors (Lipinski definition) is 3. The van der Waals surface area contributed by atoms with Gasteiger partial charge in [0.15, 0.2) is 0 Å². The van der Waals surface area contributed by atoms with Gasteiger partial charge in [0.2, 0.25) is 0 Å². The molecule has 1 N–H and O–H groups in total. The zero-order chi connectivity index (χ0) is 11.4. The van der Waals surface area contributed by atoms with Crippen LogP contribution in [0.1, 0.15) is 11.1 Å². The van der Waals surface area contributed by atoms with Gasteiger partial charge in [-0.25, -0.2) is 4.68 Å². The van der Waals surface area contributed by atoms with Gasteiger partial charge in [-0.1, -0.05) is 30.3 Å². The van der Waals surface area contributed by atoms with Crippen LogP contribution in [0.2, 0.25) is 0 Å². The van der Waals surface area contributed by atoms with E-state index in [1.54, 1.807) is 0 Å². The summed E-state index contributed by atoms with van der Waals surface area (Å²) in [5.41, 5.74) is 1.13. The van der Waals surface area contributed by atoms with E-state index in [1.807, 2.05) is 30.3 Å². The van der Waals surface area contributed by atoms with Crippen molar-refractivity contribution in [2.45, 2.75) is 13.2 Å². The Bertz CT molecular complexity index is 520. The van der Waals surface area contributed by atoms with Crippen LogP contribution in [0.5, 0.6) is 0 Å². The molecule has 4 nitrogen and oxygen atoms in total. The largest absolute Gasteiger partial charge is 0.391 e. The lowest BCUT2D eigenvalue weighted by molar-refractivity contribution is 0.278. The van der Waals surface area contributed by atoms with E-state index >= 15 is 0 Å². The van der Waals surface area contributed by atoms with Crippen molar-refractivity contribution in [3.05, 3.63) is 64.1 Å². The molecule has 16 heavy (non-hydrogen) atoms. The third-order valence-corrected chi connectivity index (χ3v) is 2.34. The van der Waals surface area contributed by atoms with Crippen LogP contribution in [-0.4, -0.2) is 14.9 Å². The van der Waals surface area contributed by atoms with Crippen LogP contribution in [0, 0.1) is 0 Å². The molecule has 2 rings (SSSR count). The first-order valence-electron chi connectivity index (χ1n) is 5.01. The standard InChI is InChI=1S/C12H12N2O2/c15-9-11-6-7-13-14(12(11)16)8-10-4-2-1-3-5-10/h1-7,15H,8-9H2. The summed E-state index contributed by atoms with van der Waals surface area (Å²) < 4.78 is 1.35. The average molecular weight is 216 g/mol. The minimum atomic E-state index is -0.254. The van der Waals surface area contributed by atoms with Crippen molar-refractivity contribution < 1.29 is 5.11 Å². The number of aliphatic hydroxyl groups is 1. The van der Waals surface area contributed by atoms with E-state index in [1.165, 1.54) is 16.9 Å². The fraction of sp³-hybridized carbons (Fsp3) is 0.167. The molecule has 82 valence electrons. The van der Waals surface area contributed by atoms with Gasteiger partial charge < -0.3 is 5.11 Å². The van der Waals surface area contributed by atoms with Gasteiger partial charge in [0.05, 0.1) is 13.2 Å². The third kappa shape index (κ3) is 2.17. The molecule has 0 radical (unpaired) electrons. The summed E-state index contributed by atoms with van der Waals surface area (Å²) in [6.07, 6.45) is 1.52. The fourth-order valence-corrected chi connectivity index (χ4v) is 1.48. The molecule has 0 amide bonds. The Hall–Kier alpha value is -1.94. The number of aromatic nitrogens is 2. The van der Waals surface area contributed by atoms with E-state index < -0.39 is 0 Å². The molecule has 0 fully saturated rings. The van der Waals surface area contributed by atoms with Crippen LogP contribution in [0.3, 0.4) is 0 Å². The highest BCUT2D eigenvalue weighted by Crippen LogP contribution is 1.99. The molecular weight excluding hydrogens is 204 g/mol. The number of nitrogens with zero attached hydrogens (tertiary/aromatic N) is 2. The van der Waals surface area contributed by atoms with Crippen molar-refractivity contribution in [3.8, 4) is 0 Å². The molecule has 2 aromatic rings. The smallest absolute Gasteiger partial charge is 0.272 e. The highest BCUT2D eigenvalue weighted by Gasteiger charge is 2.03. The quantitative estimate of drug-likeness (QED) is 0.825. The van der Waals surface area contributed by atoms with E-state index in [0.717, 1.165) is 5.56 Å². The van der Waals surface area contributed by atoms with Crippen LogP contribution < -0.4 is 5.56 Å². The molecule has 0 aliphatic heterocycles. The van der Waals surface area contributed by atoms with Crippen molar-refractivity contribution in [1.29, 1.82) is 0 Å². The van der Waals surface area contributed by atoms with Crippen LogP contribution >= 0.6 is 0 Å². The Balaban J connectivity index is 2.32. The first-order chi connectivity index (χ1) is 7.81. The van der Waals surface area contributed by atoms with Gasteiger partial charge in [0, 0.05) is 11.8 Å². The lowest BCUT2D eigenvalue weighted by atomic mass is 10.2. The average Bonchev–Trinajstić information content (AvgIpc) is 2.33. The highest BCUT2D eigenvalue weighted by molar-refractivity contribution is 5.15. The molecule has 1 aromatic heterocycles. The minimum absolute atomic E-state index is 0.242. The Morgan fingerprint density at radius 1 is 1.19 bits per heavy atom. The third-order valence-electron chi connectivity index (χ3n) is 2.34. The minimum Gasteiger partial charge on any atom is -0.391 e. The van der Waals surface area contributed by atoms with Gasteiger partial charge >= 0.3 is 0 Å². The topological polar surface area (TPSA) is 55.1 Å². The molecule has 0 atom stereocenters. The zero-order valence-corrected chi connectivity index (χ0v) is 8.71. The Morgan fingerprint density at radius 3 is 2.62 bits per heavy atom. The van der Waals surface area contributed by atoms with Crippen molar-refractivity contribution in [2.24, 2.45) is 0 Å². The SMILES string of the molecule is O=c1c(CO)ccnn1Cc1ccccc1. The second-order valence-corrected chi connectivity index (χ2v) is 3.46. The van der Waals surface area contributed by atoms with Crippen molar-refractivity contribution in [3.63, 3.8) is 0 Å². The van der Waals surface area contributed by atoms with E-state index in [9.17, 15) is 4.79 Å². The number of hydrogen-bond donors (Lipinski definition) is 1. The molecule has 0 aliphatic carbocycles. The summed E-state index contributed by atoms with van der Waals surface area (Å²) in [6, 6.07) is 11.1. The first-order valence-corrected chi connectivity index (χ1v) is 5.01. The maximum absolute atomic E-state index is 11.7. The van der Waals surface area contributed by atoms with Gasteiger partial charge in [-0.15, -0.1) is 0 Å². The molecule has 0 saturated heterocycles. The molecule has 0 bridgehead atoms. The van der Waals surface area contributed by atoms with Gasteiger partial charge in [-0.05, 0) is 11.6 Å². The molecule has 0 unspecified atom stereocenters. The lowest BCUT2D eigenvalue weighted by Crippen LogP contribution is -2.26. The van der Waals surface area contributed by atoms with Crippen molar-refractivity contribution in [1.82, 2.24) is 9.78 Å². The van der Waals surface area contributed by atoms with Gasteiger partial charge in [-0.2, -0.15) is 5.10 Å². The van der Waals surface area contributed by atoms with Crippen LogP contribution in [-0.2, 0) is 13.2 Å². The van der Waals surface area contributed by atoms with Crippen LogP contribution in [0.15, 0.2) is 47.4 Å². The summed E-state index contributed by atoms with van der Waals surface area (Å²) in [7, 11) is 0. The van der Waals surface area contributed by atoms with Crippen LogP contribution in [0.4, 0.5) is 0 Å². The molecule has 0 spiro atoms. The second kappa shape index (κ2) is 4.72. The normalized spacial score (nSPS) is 10.3. The summed E-state index contributed by atoms with van der Waals surface area (Å²) >= 11 is 0. The second-order valence-electron chi connectivity index (χ2n) is 3.46. The van der Waals surface area contributed by atoms with Gasteiger partial charge in [0.1, 0.15) is 0 Å². The molecule has 0 saturated carbocycles. The van der Waals surface area contributed by atoms with Crippen LogP contribution in [0.25, 0.3) is 0 Å². The first kappa shape index (κ1) is 10.6. The zero-order valence-electron chi connectivity index (χ0n) is 8.71. The van der Waals surface area contributed by atoms with Gasteiger partial charge in [-0.3, -0.25) is 4.79 Å². The maximum atomic E-state index is 11.7. The Morgan fingerprint density at radius 2 is 1.94 bits per heavy atom. The van der Waals surface area contributed by atoms with E-state index in [-0.39, 0.29) is 12.2 Å². The molecule has 1 heterocycles. The van der Waals surface area contributed by atoms with E-state index in [4.69, 9.17) is 5.11 Å². The van der Waals surface area contributed by atoms with Gasteiger partial charge in [0.25, 0.3) is 5.56 Å². The number of benzene rings is 1. The summed E-state index contributed by atoms with van der Waals surface area (Å²) in [6.45, 7) is 0.170. The van der Waals surface area contributed by atoms with Crippen molar-refractivity contribution >= 4 is 0 Å². The molecule has 1 aromatic carbocycles. The lowest BCUT2D eigenvalue weighted by Gasteiger charge is -2.05. The molecular formula is C12H12N2O2. The number of rotatable bonds is 3. The molecule has 0 aliphatic rings. The Kier molecular flexibility index (Phi) is 3.12. The molecule has 4 heteroatoms. The summed E-state index contributed by atoms with van der Waals surface area (Å²) in [5, 5.41) is 12.9. The van der Waals surface area contributed by atoms with Crippen molar-refractivity contribution in [2.75, 3.05) is 0 Å². The van der Waals surface area contributed by atoms with E-state index in [2.05, 4.69) is 5.10 Å². The summed E-state index contributed by atoms with van der Waals surface area (Å²) in [5.74, 6) is 0. The Labute approximate surface area is 92.8 Å². The van der Waals surface area contributed by atoms with E-state index in [0.29, 0.717) is 12.1 Å². The fourth-order valence-electron chi connectivity index (χ4n) is 1.48. The predicted molar refractivity (Wildman–Crippen MR) is 60.0 cm³/mol. The monoisotopic (exact) mass is 216 g/mol. The number of aliphatic hydroxyl groups excluding tert-OH is 1. The highest BCUT2D eigenvalue weighted by atomic mass is 16.3. The summed E-state index contributed by atoms with van der Waals surface area (Å²) in [4.78, 5) is 11.7. The predicted octanol–water partition coefficient (Wildman–Crippen LogP) is 0.784.